The molecule has 1 saturated carbocycles. The zero-order valence-corrected chi connectivity index (χ0v) is 23.1. The van der Waals surface area contributed by atoms with Gasteiger partial charge in [0, 0.05) is 77.4 Å². The lowest BCUT2D eigenvalue weighted by atomic mass is 10.1. The van der Waals surface area contributed by atoms with Crippen molar-refractivity contribution in [2.75, 3.05) is 48.2 Å². The molecule has 2 aromatic carbocycles. The van der Waals surface area contributed by atoms with Crippen LogP contribution in [-0.2, 0) is 15.6 Å². The summed E-state index contributed by atoms with van der Waals surface area (Å²) >= 11 is 0. The van der Waals surface area contributed by atoms with Crippen molar-refractivity contribution in [1.82, 2.24) is 14.5 Å². The molecule has 1 amide bonds. The number of amides is 1. The summed E-state index contributed by atoms with van der Waals surface area (Å²) in [5.74, 6) is 1.10. The first-order valence-electron chi connectivity index (χ1n) is 12.7. The molecule has 2 aromatic heterocycles. The van der Waals surface area contributed by atoms with Crippen LogP contribution in [0.4, 0.5) is 23.0 Å². The fourth-order valence-corrected chi connectivity index (χ4v) is 5.11. The van der Waals surface area contributed by atoms with E-state index in [9.17, 15) is 9.00 Å². The summed E-state index contributed by atoms with van der Waals surface area (Å²) in [4.78, 5) is 23.4. The third kappa shape index (κ3) is 5.80. The number of rotatable bonds is 11. The van der Waals surface area contributed by atoms with E-state index in [4.69, 9.17) is 9.72 Å². The van der Waals surface area contributed by atoms with Gasteiger partial charge in [-0.15, -0.1) is 0 Å². The number of ether oxygens (including phenoxy) is 1. The Kier molecular flexibility index (Phi) is 7.65. The molecule has 202 valence electrons. The van der Waals surface area contributed by atoms with E-state index in [0.29, 0.717) is 41.4 Å². The summed E-state index contributed by atoms with van der Waals surface area (Å²) in [6.45, 7) is 4.10. The lowest BCUT2D eigenvalue weighted by Gasteiger charge is -2.24. The van der Waals surface area contributed by atoms with Crippen molar-refractivity contribution in [2.45, 2.75) is 18.9 Å². The van der Waals surface area contributed by atoms with Crippen LogP contribution in [0.2, 0.25) is 0 Å². The molecule has 1 unspecified atom stereocenters. The number of anilines is 4. The monoisotopic (exact) mass is 544 g/mol. The summed E-state index contributed by atoms with van der Waals surface area (Å²) in [6, 6.07) is 14.5. The van der Waals surface area contributed by atoms with E-state index in [1.165, 1.54) is 24.4 Å². The lowest BCUT2D eigenvalue weighted by Crippen LogP contribution is -2.24. The Morgan fingerprint density at radius 1 is 1.26 bits per heavy atom. The first-order valence-corrected chi connectivity index (χ1v) is 14.5. The van der Waals surface area contributed by atoms with Crippen LogP contribution in [0.25, 0.3) is 22.2 Å². The van der Waals surface area contributed by atoms with Crippen molar-refractivity contribution in [2.24, 2.45) is 0 Å². The van der Waals surface area contributed by atoms with Gasteiger partial charge in [-0.2, -0.15) is 0 Å². The normalized spacial score (nSPS) is 13.6. The van der Waals surface area contributed by atoms with Gasteiger partial charge in [0.1, 0.15) is 5.75 Å². The third-order valence-corrected chi connectivity index (χ3v) is 7.50. The number of methoxy groups -OCH3 is 1. The minimum atomic E-state index is -0.949. The smallest absolute Gasteiger partial charge is 0.247 e. The molecule has 0 saturated heterocycles. The highest BCUT2D eigenvalue weighted by Crippen LogP contribution is 2.41. The summed E-state index contributed by atoms with van der Waals surface area (Å²) in [6.07, 6.45) is 9.19. The molecule has 2 heterocycles. The number of benzene rings is 2. The minimum Gasteiger partial charge on any atom is -0.494 e. The van der Waals surface area contributed by atoms with Crippen LogP contribution in [0, 0.1) is 0 Å². The zero-order valence-electron chi connectivity index (χ0n) is 22.3. The van der Waals surface area contributed by atoms with E-state index >= 15 is 0 Å². The van der Waals surface area contributed by atoms with Crippen LogP contribution in [-0.4, -0.2) is 57.4 Å². The fraction of sp³-hybridized carbons (Fsp3) is 0.276. The molecule has 0 bridgehead atoms. The maximum Gasteiger partial charge on any atom is 0.247 e. The van der Waals surface area contributed by atoms with Gasteiger partial charge in [-0.25, -0.2) is 9.97 Å². The summed E-state index contributed by atoms with van der Waals surface area (Å²) in [5.41, 5.74) is 4.94. The van der Waals surface area contributed by atoms with Gasteiger partial charge in [0.15, 0.2) is 0 Å². The Hall–Kier alpha value is -4.18. The molecule has 0 spiro atoms. The predicted octanol–water partition coefficient (Wildman–Crippen LogP) is 5.12. The summed E-state index contributed by atoms with van der Waals surface area (Å²) in [5, 5.41) is 7.30. The Morgan fingerprint density at radius 2 is 2.05 bits per heavy atom. The number of hydrogen-bond acceptors (Lipinski definition) is 7. The van der Waals surface area contributed by atoms with E-state index in [2.05, 4.69) is 51.2 Å². The van der Waals surface area contributed by atoms with Crippen LogP contribution in [0.15, 0.2) is 67.5 Å². The molecular formula is C29H32N6O3S. The second kappa shape index (κ2) is 11.3. The second-order valence-corrected chi connectivity index (χ2v) is 11.1. The number of fused-ring (bicyclic) bond motifs is 1. The number of hydrogen-bond donors (Lipinski definition) is 2. The van der Waals surface area contributed by atoms with Crippen molar-refractivity contribution in [1.29, 1.82) is 0 Å². The topological polar surface area (TPSA) is 101 Å². The Morgan fingerprint density at radius 3 is 2.77 bits per heavy atom. The summed E-state index contributed by atoms with van der Waals surface area (Å²) in [7, 11) is 2.51. The molecule has 2 N–H and O–H groups in total. The van der Waals surface area contributed by atoms with Gasteiger partial charge in [0.2, 0.25) is 11.9 Å². The highest BCUT2D eigenvalue weighted by atomic mass is 32.2. The first kappa shape index (κ1) is 26.4. The SMILES string of the molecule is C=CC(=O)Nc1cc(Nc2nccc(-c3cn(C4CC4)c4ccccc34)n2)c(OC)cc1N(C)CCS(C)=O. The van der Waals surface area contributed by atoms with Gasteiger partial charge in [-0.05, 0) is 37.1 Å². The Balaban J connectivity index is 1.50. The van der Waals surface area contributed by atoms with E-state index < -0.39 is 10.8 Å². The molecule has 4 aromatic rings. The quantitative estimate of drug-likeness (QED) is 0.253. The molecule has 0 aliphatic heterocycles. The number of aromatic nitrogens is 3. The number of nitrogens with zero attached hydrogens (tertiary/aromatic N) is 4. The van der Waals surface area contributed by atoms with Crippen molar-refractivity contribution < 1.29 is 13.7 Å². The molecule has 9 nitrogen and oxygen atoms in total. The second-order valence-electron chi connectivity index (χ2n) is 9.55. The maximum atomic E-state index is 12.2. The maximum absolute atomic E-state index is 12.2. The number of carbonyl (C=O) groups is 1. The van der Waals surface area contributed by atoms with E-state index in [-0.39, 0.29) is 5.91 Å². The zero-order chi connectivity index (χ0) is 27.5. The molecule has 0 radical (unpaired) electrons. The molecule has 10 heteroatoms. The molecule has 5 rings (SSSR count). The predicted molar refractivity (Wildman–Crippen MR) is 159 cm³/mol. The minimum absolute atomic E-state index is 0.342. The molecular weight excluding hydrogens is 512 g/mol. The molecule has 1 aliphatic rings. The van der Waals surface area contributed by atoms with Gasteiger partial charge in [-0.1, -0.05) is 24.8 Å². The van der Waals surface area contributed by atoms with Crippen LogP contribution in [0.5, 0.6) is 5.75 Å². The standard InChI is InChI=1S/C29H32N6O3S/c1-5-28(36)31-23-16-24(27(38-3)17-26(23)34(2)14-15-39(4)37)33-29-30-13-12-22(32-29)21-18-35(19-10-11-19)25-9-7-6-8-20(21)25/h5-9,12-13,16-19H,1,10-11,14-15H2,2-4H3,(H,31,36)(H,30,32,33). The molecule has 39 heavy (non-hydrogen) atoms. The fourth-order valence-electron chi connectivity index (χ4n) is 4.57. The summed E-state index contributed by atoms with van der Waals surface area (Å²) < 4.78 is 19.7. The van der Waals surface area contributed by atoms with Crippen LogP contribution in [0.1, 0.15) is 18.9 Å². The number of para-hydroxylation sites is 1. The van der Waals surface area contributed by atoms with Gasteiger partial charge in [0.05, 0.1) is 29.9 Å². The van der Waals surface area contributed by atoms with Crippen molar-refractivity contribution in [3.63, 3.8) is 0 Å². The van der Waals surface area contributed by atoms with E-state index in [1.54, 1.807) is 25.6 Å². The van der Waals surface area contributed by atoms with E-state index in [1.807, 2.05) is 30.1 Å². The van der Waals surface area contributed by atoms with Crippen molar-refractivity contribution >= 4 is 50.6 Å². The highest BCUT2D eigenvalue weighted by molar-refractivity contribution is 7.84. The van der Waals surface area contributed by atoms with Crippen LogP contribution in [0.3, 0.4) is 0 Å². The molecule has 1 fully saturated rings. The van der Waals surface area contributed by atoms with Crippen molar-refractivity contribution in [3.05, 3.63) is 67.5 Å². The van der Waals surface area contributed by atoms with Gasteiger partial charge < -0.3 is 24.8 Å². The lowest BCUT2D eigenvalue weighted by molar-refractivity contribution is -0.111. The highest BCUT2D eigenvalue weighted by Gasteiger charge is 2.26. The number of nitrogens with one attached hydrogen (secondary N) is 2. The van der Waals surface area contributed by atoms with Crippen molar-refractivity contribution in [3.8, 4) is 17.0 Å². The largest absolute Gasteiger partial charge is 0.494 e. The average Bonchev–Trinajstić information content (AvgIpc) is 3.71. The Bertz CT molecular complexity index is 1560. The van der Waals surface area contributed by atoms with Crippen LogP contribution >= 0.6 is 0 Å². The van der Waals surface area contributed by atoms with E-state index in [0.717, 1.165) is 22.3 Å². The van der Waals surface area contributed by atoms with Gasteiger partial charge in [0.25, 0.3) is 0 Å². The molecule has 1 atom stereocenters. The van der Waals surface area contributed by atoms with Crippen LogP contribution < -0.4 is 20.3 Å². The third-order valence-electron chi connectivity index (χ3n) is 6.75. The molecule has 1 aliphatic carbocycles. The van der Waals surface area contributed by atoms with Gasteiger partial charge >= 0.3 is 0 Å². The average molecular weight is 545 g/mol. The first-order chi connectivity index (χ1) is 18.9. The van der Waals surface area contributed by atoms with Gasteiger partial charge in [-0.3, -0.25) is 9.00 Å². The Labute approximate surface area is 230 Å². The number of carbonyl (C=O) groups excluding carboxylic acids is 1.